The topological polar surface area (TPSA) is 97.2 Å². The number of carbonyl (C=O) groups is 1. The molecule has 0 spiro atoms. The second-order valence-electron chi connectivity index (χ2n) is 8.92. The Morgan fingerprint density at radius 3 is 2.58 bits per heavy atom. The van der Waals surface area contributed by atoms with Crippen LogP contribution in [0.5, 0.6) is 0 Å². The van der Waals surface area contributed by atoms with Crippen LogP contribution in [0.1, 0.15) is 48.0 Å². The number of aryl methyl sites for hydroxylation is 2. The minimum Gasteiger partial charge on any atom is -0.351 e. The molecule has 0 radical (unpaired) electrons. The second-order valence-corrected chi connectivity index (χ2v) is 11.2. The minimum absolute atomic E-state index is 0.0336. The highest BCUT2D eigenvalue weighted by molar-refractivity contribution is 7.89. The Kier molecular flexibility index (Phi) is 6.11. The number of benzene rings is 1. The summed E-state index contributed by atoms with van der Waals surface area (Å²) in [5, 5.41) is 11.2. The Morgan fingerprint density at radius 2 is 2.00 bits per heavy atom. The van der Waals surface area contributed by atoms with Gasteiger partial charge in [-0.05, 0) is 61.3 Å². The van der Waals surface area contributed by atoms with E-state index in [1.54, 1.807) is 25.2 Å². The molecule has 168 valence electrons. The predicted octanol–water partition coefficient (Wildman–Crippen LogP) is 2.78. The molecular formula is C21H28ClN5O3S. The SMILES string of the molecule is Cc1cc(Cl)ccc1C(=O)NCC1(CC2CC2)CCN(S(=O)(=O)c2nncn2C)CC1. The van der Waals surface area contributed by atoms with Crippen molar-refractivity contribution in [3.8, 4) is 0 Å². The molecule has 1 N–H and O–H groups in total. The molecule has 2 aromatic rings. The fourth-order valence-corrected chi connectivity index (χ4v) is 6.14. The highest BCUT2D eigenvalue weighted by Crippen LogP contribution is 2.46. The van der Waals surface area contributed by atoms with Crippen LogP contribution in [0.3, 0.4) is 0 Å². The maximum atomic E-state index is 13.0. The first-order valence-electron chi connectivity index (χ1n) is 10.6. The van der Waals surface area contributed by atoms with Crippen LogP contribution in [0.15, 0.2) is 29.7 Å². The van der Waals surface area contributed by atoms with E-state index in [1.807, 2.05) is 6.92 Å². The number of aromatic nitrogens is 3. The standard InChI is InChI=1S/C21H28ClN5O3S/c1-15-11-17(22)5-6-18(15)19(28)23-13-21(12-16-3-4-16)7-9-27(10-8-21)31(29,30)20-25-24-14-26(20)2/h5-6,11,14,16H,3-4,7-10,12-13H2,1-2H3,(H,23,28). The normalized spacial score (nSPS) is 19.3. The summed E-state index contributed by atoms with van der Waals surface area (Å²) in [6.45, 7) is 3.24. The van der Waals surface area contributed by atoms with Crippen LogP contribution in [0.25, 0.3) is 0 Å². The van der Waals surface area contributed by atoms with Gasteiger partial charge in [-0.25, -0.2) is 8.42 Å². The zero-order valence-corrected chi connectivity index (χ0v) is 19.4. The molecule has 2 fully saturated rings. The first-order valence-corrected chi connectivity index (χ1v) is 12.4. The summed E-state index contributed by atoms with van der Waals surface area (Å²) in [4.78, 5) is 12.8. The lowest BCUT2D eigenvalue weighted by Gasteiger charge is -2.41. The zero-order chi connectivity index (χ0) is 22.2. The molecule has 1 amide bonds. The van der Waals surface area contributed by atoms with Crippen molar-refractivity contribution >= 4 is 27.5 Å². The molecule has 1 aromatic heterocycles. The molecule has 0 atom stereocenters. The molecule has 1 aromatic carbocycles. The summed E-state index contributed by atoms with van der Waals surface area (Å²) in [6, 6.07) is 5.25. The molecule has 0 bridgehead atoms. The predicted molar refractivity (Wildman–Crippen MR) is 117 cm³/mol. The highest BCUT2D eigenvalue weighted by atomic mass is 35.5. The van der Waals surface area contributed by atoms with Gasteiger partial charge in [-0.15, -0.1) is 10.2 Å². The van der Waals surface area contributed by atoms with E-state index in [2.05, 4.69) is 15.5 Å². The largest absolute Gasteiger partial charge is 0.351 e. The lowest BCUT2D eigenvalue weighted by molar-refractivity contribution is 0.0870. The molecule has 4 rings (SSSR count). The molecule has 10 heteroatoms. The van der Waals surface area contributed by atoms with Crippen LogP contribution in [0.4, 0.5) is 0 Å². The molecule has 8 nitrogen and oxygen atoms in total. The van der Waals surface area contributed by atoms with Crippen molar-refractivity contribution in [2.24, 2.45) is 18.4 Å². The summed E-state index contributed by atoms with van der Waals surface area (Å²) >= 11 is 6.01. The summed E-state index contributed by atoms with van der Waals surface area (Å²) in [6.07, 6.45) is 6.26. The monoisotopic (exact) mass is 465 g/mol. The van der Waals surface area contributed by atoms with Crippen molar-refractivity contribution < 1.29 is 13.2 Å². The number of hydrogen-bond acceptors (Lipinski definition) is 5. The second kappa shape index (κ2) is 8.52. The number of amides is 1. The summed E-state index contributed by atoms with van der Waals surface area (Å²) in [5.41, 5.74) is 1.36. The van der Waals surface area contributed by atoms with Gasteiger partial charge in [0.15, 0.2) is 0 Å². The number of rotatable bonds is 7. The van der Waals surface area contributed by atoms with E-state index < -0.39 is 10.0 Å². The third-order valence-electron chi connectivity index (χ3n) is 6.50. The smallest absolute Gasteiger partial charge is 0.278 e. The van der Waals surface area contributed by atoms with Crippen molar-refractivity contribution in [3.05, 3.63) is 40.7 Å². The Balaban J connectivity index is 1.44. The number of hydrogen-bond donors (Lipinski definition) is 1. The maximum absolute atomic E-state index is 13.0. The molecule has 1 aliphatic carbocycles. The lowest BCUT2D eigenvalue weighted by Crippen LogP contribution is -2.48. The van der Waals surface area contributed by atoms with Gasteiger partial charge in [0, 0.05) is 37.3 Å². The molecule has 1 saturated heterocycles. The fraction of sp³-hybridized carbons (Fsp3) is 0.571. The third-order valence-corrected chi connectivity index (χ3v) is 8.61. The molecule has 2 aliphatic rings. The average molecular weight is 466 g/mol. The zero-order valence-electron chi connectivity index (χ0n) is 17.8. The van der Waals surface area contributed by atoms with Crippen molar-refractivity contribution in [3.63, 3.8) is 0 Å². The van der Waals surface area contributed by atoms with Gasteiger partial charge in [0.25, 0.3) is 21.1 Å². The van der Waals surface area contributed by atoms with Gasteiger partial charge >= 0.3 is 0 Å². The van der Waals surface area contributed by atoms with Gasteiger partial charge in [-0.1, -0.05) is 24.4 Å². The van der Waals surface area contributed by atoms with Crippen molar-refractivity contribution in [1.29, 1.82) is 0 Å². The van der Waals surface area contributed by atoms with Gasteiger partial charge in [0.1, 0.15) is 6.33 Å². The quantitative estimate of drug-likeness (QED) is 0.678. The molecule has 1 aliphatic heterocycles. The maximum Gasteiger partial charge on any atom is 0.278 e. The van der Waals surface area contributed by atoms with Crippen LogP contribution in [0, 0.1) is 18.3 Å². The number of nitrogens with zero attached hydrogens (tertiary/aromatic N) is 4. The molecular weight excluding hydrogens is 438 g/mol. The van der Waals surface area contributed by atoms with Crippen molar-refractivity contribution in [1.82, 2.24) is 24.4 Å². The first-order chi connectivity index (χ1) is 14.7. The molecule has 2 heterocycles. The molecule has 0 unspecified atom stereocenters. The van der Waals surface area contributed by atoms with Gasteiger partial charge < -0.3 is 9.88 Å². The van der Waals surface area contributed by atoms with E-state index in [0.29, 0.717) is 49.0 Å². The van der Waals surface area contributed by atoms with Gasteiger partial charge in [0.2, 0.25) is 0 Å². The average Bonchev–Trinajstić information content (AvgIpc) is 3.42. The number of carbonyl (C=O) groups excluding carboxylic acids is 1. The Labute approximate surface area is 188 Å². The summed E-state index contributed by atoms with van der Waals surface area (Å²) < 4.78 is 28.8. The van der Waals surface area contributed by atoms with Gasteiger partial charge in [0.05, 0.1) is 0 Å². The number of piperidine rings is 1. The van der Waals surface area contributed by atoms with Crippen LogP contribution >= 0.6 is 11.6 Å². The number of sulfonamides is 1. The summed E-state index contributed by atoms with van der Waals surface area (Å²) in [7, 11) is -2.05. The van der Waals surface area contributed by atoms with E-state index in [-0.39, 0.29) is 16.5 Å². The van der Waals surface area contributed by atoms with E-state index in [1.165, 1.54) is 28.0 Å². The summed E-state index contributed by atoms with van der Waals surface area (Å²) in [5.74, 6) is 0.564. The molecule has 1 saturated carbocycles. The Hall–Kier alpha value is -1.97. The first kappa shape index (κ1) is 22.2. The number of halogens is 1. The molecule has 31 heavy (non-hydrogen) atoms. The Morgan fingerprint density at radius 1 is 1.29 bits per heavy atom. The van der Waals surface area contributed by atoms with Crippen LogP contribution < -0.4 is 5.32 Å². The Bertz CT molecular complexity index is 1070. The van der Waals surface area contributed by atoms with Crippen LogP contribution in [0.2, 0.25) is 5.02 Å². The fourth-order valence-electron chi connectivity index (χ4n) is 4.45. The van der Waals surface area contributed by atoms with E-state index in [9.17, 15) is 13.2 Å². The van der Waals surface area contributed by atoms with Crippen LogP contribution in [-0.2, 0) is 17.1 Å². The van der Waals surface area contributed by atoms with Crippen molar-refractivity contribution in [2.45, 2.75) is 44.2 Å². The minimum atomic E-state index is -3.67. The van der Waals surface area contributed by atoms with Crippen molar-refractivity contribution in [2.75, 3.05) is 19.6 Å². The van der Waals surface area contributed by atoms with E-state index in [4.69, 9.17) is 11.6 Å². The highest BCUT2D eigenvalue weighted by Gasteiger charge is 2.43. The third kappa shape index (κ3) is 4.78. The van der Waals surface area contributed by atoms with E-state index in [0.717, 1.165) is 12.0 Å². The van der Waals surface area contributed by atoms with E-state index >= 15 is 0 Å². The van der Waals surface area contributed by atoms with Gasteiger partial charge in [-0.3, -0.25) is 4.79 Å². The number of nitrogens with one attached hydrogen (secondary N) is 1. The lowest BCUT2D eigenvalue weighted by atomic mass is 9.74. The van der Waals surface area contributed by atoms with Gasteiger partial charge in [-0.2, -0.15) is 4.31 Å². The van der Waals surface area contributed by atoms with Crippen LogP contribution in [-0.4, -0.2) is 53.0 Å².